The highest BCUT2D eigenvalue weighted by Gasteiger charge is 2.25. The molecule has 1 aromatic rings. The van der Waals surface area contributed by atoms with E-state index in [1.54, 1.807) is 5.56 Å². The quantitative estimate of drug-likeness (QED) is 0.742. The molecule has 1 fully saturated rings. The average molecular weight is 175 g/mol. The van der Waals surface area contributed by atoms with Crippen LogP contribution in [0.25, 0.3) is 0 Å². The maximum atomic E-state index is 3.39. The highest BCUT2D eigenvalue weighted by atomic mass is 14.8. The lowest BCUT2D eigenvalue weighted by Crippen LogP contribution is -2.12. The van der Waals surface area contributed by atoms with E-state index < -0.39 is 0 Å². The summed E-state index contributed by atoms with van der Waals surface area (Å²) in [5.74, 6) is 0.870. The van der Waals surface area contributed by atoms with Gasteiger partial charge < -0.3 is 5.32 Å². The molecule has 0 saturated heterocycles. The number of nitrogens with one attached hydrogen (secondary N) is 1. The number of rotatable bonds is 4. The average Bonchev–Trinajstić information content (AvgIpc) is 2.98. The van der Waals surface area contributed by atoms with E-state index in [1.165, 1.54) is 18.4 Å². The van der Waals surface area contributed by atoms with Crippen LogP contribution in [0.4, 0.5) is 0 Å². The van der Waals surface area contributed by atoms with E-state index in [9.17, 15) is 0 Å². The first-order valence-electron chi connectivity index (χ1n) is 5.20. The highest BCUT2D eigenvalue weighted by molar-refractivity contribution is 5.33. The van der Waals surface area contributed by atoms with Gasteiger partial charge in [-0.05, 0) is 36.4 Å². The molecule has 1 saturated carbocycles. The van der Waals surface area contributed by atoms with E-state index in [1.807, 2.05) is 0 Å². The molecule has 70 valence electrons. The predicted octanol–water partition coefficient (Wildman–Crippen LogP) is 2.67. The molecule has 1 aromatic carbocycles. The monoisotopic (exact) mass is 175 g/mol. The maximum absolute atomic E-state index is 3.39. The summed E-state index contributed by atoms with van der Waals surface area (Å²) in [5, 5.41) is 3.39. The van der Waals surface area contributed by atoms with Crippen molar-refractivity contribution in [2.24, 2.45) is 0 Å². The Morgan fingerprint density at radius 3 is 2.77 bits per heavy atom. The molecular weight excluding hydrogens is 158 g/mol. The van der Waals surface area contributed by atoms with E-state index in [0.29, 0.717) is 0 Å². The van der Waals surface area contributed by atoms with E-state index in [2.05, 4.69) is 36.5 Å². The van der Waals surface area contributed by atoms with E-state index in [0.717, 1.165) is 19.0 Å². The van der Waals surface area contributed by atoms with Gasteiger partial charge in [-0.15, -0.1) is 0 Å². The summed E-state index contributed by atoms with van der Waals surface area (Å²) in [6.07, 6.45) is 2.78. The van der Waals surface area contributed by atoms with Crippen LogP contribution in [-0.4, -0.2) is 6.54 Å². The first kappa shape index (κ1) is 8.76. The highest BCUT2D eigenvalue weighted by Crippen LogP contribution is 2.41. The van der Waals surface area contributed by atoms with Crippen molar-refractivity contribution in [1.82, 2.24) is 5.32 Å². The molecule has 1 aliphatic rings. The van der Waals surface area contributed by atoms with Crippen molar-refractivity contribution < 1.29 is 0 Å². The van der Waals surface area contributed by atoms with E-state index >= 15 is 0 Å². The summed E-state index contributed by atoms with van der Waals surface area (Å²) in [4.78, 5) is 0. The molecule has 2 rings (SSSR count). The normalized spacial score (nSPS) is 16.1. The van der Waals surface area contributed by atoms with Crippen LogP contribution in [-0.2, 0) is 6.54 Å². The van der Waals surface area contributed by atoms with Crippen molar-refractivity contribution in [2.45, 2.75) is 32.2 Å². The van der Waals surface area contributed by atoms with Crippen LogP contribution < -0.4 is 5.32 Å². The van der Waals surface area contributed by atoms with Gasteiger partial charge in [0.15, 0.2) is 0 Å². The molecule has 1 N–H and O–H groups in total. The third kappa shape index (κ3) is 2.10. The number of hydrogen-bond donors (Lipinski definition) is 1. The van der Waals surface area contributed by atoms with Crippen molar-refractivity contribution in [3.05, 3.63) is 35.4 Å². The largest absolute Gasteiger partial charge is 0.313 e. The Morgan fingerprint density at radius 1 is 1.31 bits per heavy atom. The minimum atomic E-state index is 0.870. The van der Waals surface area contributed by atoms with Gasteiger partial charge in [-0.2, -0.15) is 0 Å². The summed E-state index contributed by atoms with van der Waals surface area (Å²) >= 11 is 0. The summed E-state index contributed by atoms with van der Waals surface area (Å²) in [5.41, 5.74) is 3.07. The van der Waals surface area contributed by atoms with Gasteiger partial charge in [0.2, 0.25) is 0 Å². The zero-order valence-corrected chi connectivity index (χ0v) is 8.22. The van der Waals surface area contributed by atoms with Gasteiger partial charge in [-0.3, -0.25) is 0 Å². The van der Waals surface area contributed by atoms with Gasteiger partial charge in [0.25, 0.3) is 0 Å². The molecular formula is C12H17N. The molecule has 0 amide bonds. The maximum Gasteiger partial charge on any atom is 0.0208 e. The fourth-order valence-electron chi connectivity index (χ4n) is 1.75. The first-order valence-corrected chi connectivity index (χ1v) is 5.20. The van der Waals surface area contributed by atoms with E-state index in [-0.39, 0.29) is 0 Å². The molecule has 0 aliphatic heterocycles. The standard InChI is InChI=1S/C12H17N/c1-2-13-9-11-5-3-4-6-12(11)10-7-8-10/h3-6,10,13H,2,7-9H2,1H3. The Kier molecular flexibility index (Phi) is 2.65. The van der Waals surface area contributed by atoms with E-state index in [4.69, 9.17) is 0 Å². The SMILES string of the molecule is CCNCc1ccccc1C1CC1. The van der Waals surface area contributed by atoms with Crippen molar-refractivity contribution >= 4 is 0 Å². The Balaban J connectivity index is 2.12. The van der Waals surface area contributed by atoms with Gasteiger partial charge in [0.1, 0.15) is 0 Å². The molecule has 0 radical (unpaired) electrons. The molecule has 1 heteroatoms. The summed E-state index contributed by atoms with van der Waals surface area (Å²) in [6.45, 7) is 4.24. The van der Waals surface area contributed by atoms with Crippen molar-refractivity contribution in [3.63, 3.8) is 0 Å². The lowest BCUT2D eigenvalue weighted by molar-refractivity contribution is 0.720. The molecule has 1 aliphatic carbocycles. The molecule has 0 heterocycles. The fraction of sp³-hybridized carbons (Fsp3) is 0.500. The molecule has 1 nitrogen and oxygen atoms in total. The summed E-state index contributed by atoms with van der Waals surface area (Å²) in [7, 11) is 0. The van der Waals surface area contributed by atoms with Crippen molar-refractivity contribution in [3.8, 4) is 0 Å². The molecule has 0 bridgehead atoms. The minimum absolute atomic E-state index is 0.870. The van der Waals surface area contributed by atoms with Crippen LogP contribution in [0, 0.1) is 0 Å². The van der Waals surface area contributed by atoms with Gasteiger partial charge in [-0.25, -0.2) is 0 Å². The molecule has 13 heavy (non-hydrogen) atoms. The minimum Gasteiger partial charge on any atom is -0.313 e. The second-order valence-electron chi connectivity index (χ2n) is 3.75. The van der Waals surface area contributed by atoms with Crippen molar-refractivity contribution in [1.29, 1.82) is 0 Å². The summed E-state index contributed by atoms with van der Waals surface area (Å²) < 4.78 is 0. The van der Waals surface area contributed by atoms with Gasteiger partial charge in [0, 0.05) is 6.54 Å². The van der Waals surface area contributed by atoms with Gasteiger partial charge in [0.05, 0.1) is 0 Å². The lowest BCUT2D eigenvalue weighted by atomic mass is 10.0. The lowest BCUT2D eigenvalue weighted by Gasteiger charge is -2.08. The predicted molar refractivity (Wildman–Crippen MR) is 55.8 cm³/mol. The van der Waals surface area contributed by atoms with Crippen LogP contribution in [0.15, 0.2) is 24.3 Å². The molecule has 0 atom stereocenters. The Labute approximate surface area is 80.2 Å². The van der Waals surface area contributed by atoms with Crippen LogP contribution in [0.2, 0.25) is 0 Å². The third-order valence-electron chi connectivity index (χ3n) is 2.64. The van der Waals surface area contributed by atoms with Crippen LogP contribution in [0.1, 0.15) is 36.8 Å². The fourth-order valence-corrected chi connectivity index (χ4v) is 1.75. The Hall–Kier alpha value is -0.820. The zero-order valence-electron chi connectivity index (χ0n) is 8.22. The zero-order chi connectivity index (χ0) is 9.10. The molecule has 0 unspecified atom stereocenters. The number of benzene rings is 1. The Morgan fingerprint density at radius 2 is 2.08 bits per heavy atom. The van der Waals surface area contributed by atoms with Crippen LogP contribution in [0.3, 0.4) is 0 Å². The van der Waals surface area contributed by atoms with Gasteiger partial charge in [-0.1, -0.05) is 31.2 Å². The van der Waals surface area contributed by atoms with Crippen LogP contribution in [0.5, 0.6) is 0 Å². The second-order valence-corrected chi connectivity index (χ2v) is 3.75. The topological polar surface area (TPSA) is 12.0 Å². The first-order chi connectivity index (χ1) is 6.42. The Bertz CT molecular complexity index is 276. The smallest absolute Gasteiger partial charge is 0.0208 e. The van der Waals surface area contributed by atoms with Crippen LogP contribution >= 0.6 is 0 Å². The van der Waals surface area contributed by atoms with Gasteiger partial charge >= 0.3 is 0 Å². The number of hydrogen-bond acceptors (Lipinski definition) is 1. The van der Waals surface area contributed by atoms with Crippen molar-refractivity contribution in [2.75, 3.05) is 6.54 Å². The molecule has 0 aromatic heterocycles. The third-order valence-corrected chi connectivity index (χ3v) is 2.64. The second kappa shape index (κ2) is 3.93. The summed E-state index contributed by atoms with van der Waals surface area (Å²) in [6, 6.07) is 8.82. The molecule has 0 spiro atoms.